The number of fused-ring (bicyclic) bond motifs is 5. The number of nitrogens with zero attached hydrogens (tertiary/aromatic N) is 2. The topological polar surface area (TPSA) is 270 Å². The van der Waals surface area contributed by atoms with E-state index in [2.05, 4.69) is 36.7 Å². The molecule has 12 atom stereocenters. The van der Waals surface area contributed by atoms with Gasteiger partial charge in [0.2, 0.25) is 5.91 Å². The number of carbonyl (C=O) groups is 5. The average Bonchev–Trinajstić information content (AvgIpc) is 3.55. The Morgan fingerprint density at radius 1 is 0.823 bits per heavy atom. The Hall–Kier alpha value is -3.94. The molecule has 0 bridgehead atoms. The number of hydrogen-bond acceptors (Lipinski definition) is 11. The minimum Gasteiger partial charge on any atom is -0.480 e. The maximum atomic E-state index is 12.9. The van der Waals surface area contributed by atoms with E-state index in [-0.39, 0.29) is 77.9 Å². The predicted octanol–water partition coefficient (Wildman–Crippen LogP) is 2.32. The van der Waals surface area contributed by atoms with Crippen LogP contribution < -0.4 is 16.0 Å². The molecule has 4 fully saturated rings. The third kappa shape index (κ3) is 11.8. The van der Waals surface area contributed by atoms with Gasteiger partial charge < -0.3 is 51.7 Å². The molecule has 4 saturated carbocycles. The van der Waals surface area contributed by atoms with Crippen molar-refractivity contribution in [2.75, 3.05) is 51.1 Å². The van der Waals surface area contributed by atoms with E-state index in [9.17, 15) is 49.5 Å². The molecule has 4 aliphatic rings. The fourth-order valence-electron chi connectivity index (χ4n) is 12.0. The van der Waals surface area contributed by atoms with Crippen LogP contribution in [0.5, 0.6) is 0 Å². The van der Waals surface area contributed by atoms with Crippen molar-refractivity contribution in [3.63, 3.8) is 0 Å². The number of aliphatic carboxylic acids is 4. The van der Waals surface area contributed by atoms with Crippen LogP contribution >= 0.6 is 12.2 Å². The zero-order chi connectivity index (χ0) is 45.5. The molecule has 0 radical (unpaired) electrons. The molecule has 3 unspecified atom stereocenters. The lowest BCUT2D eigenvalue weighted by Gasteiger charge is -2.63. The van der Waals surface area contributed by atoms with Crippen molar-refractivity contribution in [3.8, 4) is 0 Å². The number of thiocarbonyl (C=S) groups is 1. The summed E-state index contributed by atoms with van der Waals surface area (Å²) in [6.07, 6.45) is 5.53. The smallest absolute Gasteiger partial charge is 0.321 e. The summed E-state index contributed by atoms with van der Waals surface area (Å²) in [6, 6.07) is 5.40. The number of carboxylic acid groups (broad SMARTS) is 4. The van der Waals surface area contributed by atoms with Crippen molar-refractivity contribution in [3.05, 3.63) is 29.8 Å². The van der Waals surface area contributed by atoms with E-state index in [0.29, 0.717) is 48.7 Å². The van der Waals surface area contributed by atoms with Crippen LogP contribution in [0.15, 0.2) is 24.3 Å². The third-order valence-electron chi connectivity index (χ3n) is 15.2. The highest BCUT2D eigenvalue weighted by Gasteiger charge is 2.65. The largest absolute Gasteiger partial charge is 0.480 e. The highest BCUT2D eigenvalue weighted by Crippen LogP contribution is 2.68. The molecule has 0 saturated heterocycles. The van der Waals surface area contributed by atoms with Gasteiger partial charge in [-0.2, -0.15) is 0 Å². The molecule has 18 heteroatoms. The van der Waals surface area contributed by atoms with E-state index >= 15 is 0 Å². The van der Waals surface area contributed by atoms with Crippen molar-refractivity contribution in [1.29, 1.82) is 0 Å². The third-order valence-corrected chi connectivity index (χ3v) is 15.5. The lowest BCUT2D eigenvalue weighted by atomic mass is 9.43. The van der Waals surface area contributed by atoms with Crippen LogP contribution in [-0.2, 0) is 30.4 Å². The van der Waals surface area contributed by atoms with E-state index in [4.69, 9.17) is 22.4 Å². The van der Waals surface area contributed by atoms with E-state index in [0.717, 1.165) is 48.3 Å². The van der Waals surface area contributed by atoms with Gasteiger partial charge in [-0.25, -0.2) is 0 Å². The molecule has 0 aromatic heterocycles. The van der Waals surface area contributed by atoms with Crippen LogP contribution in [0, 0.1) is 46.3 Å². The van der Waals surface area contributed by atoms with Crippen molar-refractivity contribution in [2.24, 2.45) is 46.3 Å². The summed E-state index contributed by atoms with van der Waals surface area (Å²) in [5.41, 5.74) is 0.868. The quantitative estimate of drug-likeness (QED) is 0.0627. The van der Waals surface area contributed by atoms with Crippen LogP contribution in [0.4, 0.5) is 5.69 Å². The predicted molar refractivity (Wildman–Crippen MR) is 232 cm³/mol. The summed E-state index contributed by atoms with van der Waals surface area (Å²) >= 11 is 5.43. The minimum absolute atomic E-state index is 0.0211. The van der Waals surface area contributed by atoms with Crippen molar-refractivity contribution in [2.45, 2.75) is 109 Å². The number of benzene rings is 1. The second-order valence-corrected chi connectivity index (χ2v) is 19.3. The lowest BCUT2D eigenvalue weighted by molar-refractivity contribution is -0.207. The summed E-state index contributed by atoms with van der Waals surface area (Å²) < 4.78 is 0. The summed E-state index contributed by atoms with van der Waals surface area (Å²) in [7, 11) is 0. The zero-order valence-corrected chi connectivity index (χ0v) is 36.9. The maximum absolute atomic E-state index is 12.9. The first-order chi connectivity index (χ1) is 29.2. The fraction of sp³-hybridized carbons (Fsp3) is 0.727. The Bertz CT molecular complexity index is 1760. The van der Waals surface area contributed by atoms with Gasteiger partial charge >= 0.3 is 23.9 Å². The molecular formula is C44H67N5O12S. The Morgan fingerprint density at radius 3 is 2.10 bits per heavy atom. The van der Waals surface area contributed by atoms with Crippen LogP contribution in [0.2, 0.25) is 0 Å². The average molecular weight is 890 g/mol. The Kier molecular flexibility index (Phi) is 16.8. The van der Waals surface area contributed by atoms with Crippen molar-refractivity contribution in [1.82, 2.24) is 20.4 Å². The summed E-state index contributed by atoms with van der Waals surface area (Å²) in [5, 5.41) is 80.9. The number of hydrogen-bond donors (Lipinski definition) is 10. The molecule has 0 aliphatic heterocycles. The second-order valence-electron chi connectivity index (χ2n) is 18.9. The molecule has 1 aromatic carbocycles. The highest BCUT2D eigenvalue weighted by atomic mass is 32.1. The number of aliphatic hydroxyl groups excluding tert-OH is 3. The van der Waals surface area contributed by atoms with Crippen LogP contribution in [0.3, 0.4) is 0 Å². The summed E-state index contributed by atoms with van der Waals surface area (Å²) in [6.45, 7) is 5.18. The molecular weight excluding hydrogens is 823 g/mol. The number of nitrogens with one attached hydrogen (secondary N) is 3. The molecule has 10 N–H and O–H groups in total. The highest BCUT2D eigenvalue weighted by molar-refractivity contribution is 7.80. The number of carbonyl (C=O) groups excluding carboxylic acids is 1. The first-order valence-corrected chi connectivity index (χ1v) is 22.4. The van der Waals surface area contributed by atoms with E-state index in [1.807, 2.05) is 0 Å². The van der Waals surface area contributed by atoms with Gasteiger partial charge in [-0.3, -0.25) is 33.8 Å². The molecule has 4 aliphatic carbocycles. The molecule has 17 nitrogen and oxygen atoms in total. The Morgan fingerprint density at radius 2 is 1.47 bits per heavy atom. The molecule has 346 valence electrons. The standard InChI is InChI=1S/C44H67N5O12S/c1-25(30-9-10-31-40-32(21-35(52)44(30,31)3)43(2)13-12-29(50)19-27(43)20-34(40)51)4-11-36(53)45-14-15-46-42(62)47-28-7-5-26(6-8-28)18-33(41(60)61)49(24-39(58)59)17-16-48(22-37(54)55)23-38(56)57/h5-8,25,27,29-35,40,50-52H,4,9-24H2,1-3H3,(H,45,53)(H,54,55)(H,56,57)(H,58,59)(H,60,61)(H2,46,47,62)/t25-,27+,29-,30-,31?,32?,33+,34-,35+,40?,43+,44-/m1/s1. The first-order valence-electron chi connectivity index (χ1n) is 22.0. The van der Waals surface area contributed by atoms with E-state index < -0.39 is 61.8 Å². The molecule has 1 amide bonds. The zero-order valence-electron chi connectivity index (χ0n) is 36.1. The van der Waals surface area contributed by atoms with Gasteiger partial charge in [0.1, 0.15) is 6.04 Å². The number of amides is 1. The first kappa shape index (κ1) is 49.1. The van der Waals surface area contributed by atoms with Gasteiger partial charge in [-0.15, -0.1) is 0 Å². The maximum Gasteiger partial charge on any atom is 0.321 e. The number of carboxylic acids is 4. The molecule has 5 rings (SSSR count). The van der Waals surface area contributed by atoms with Crippen molar-refractivity contribution < 1.29 is 59.7 Å². The second kappa shape index (κ2) is 21.2. The monoisotopic (exact) mass is 889 g/mol. The van der Waals surface area contributed by atoms with Crippen molar-refractivity contribution >= 4 is 52.8 Å². The summed E-state index contributed by atoms with van der Waals surface area (Å²) in [4.78, 5) is 61.4. The molecule has 0 heterocycles. The number of anilines is 1. The summed E-state index contributed by atoms with van der Waals surface area (Å²) in [5.74, 6) is -3.88. The molecule has 1 aromatic rings. The van der Waals surface area contributed by atoms with E-state index in [1.165, 1.54) is 0 Å². The van der Waals surface area contributed by atoms with Gasteiger partial charge in [-0.05, 0) is 134 Å². The molecule has 62 heavy (non-hydrogen) atoms. The van der Waals surface area contributed by atoms with Crippen LogP contribution in [0.1, 0.15) is 84.1 Å². The van der Waals surface area contributed by atoms with Gasteiger partial charge in [0.25, 0.3) is 0 Å². The Balaban J connectivity index is 1.04. The van der Waals surface area contributed by atoms with Crippen LogP contribution in [0.25, 0.3) is 0 Å². The Labute approximate surface area is 368 Å². The lowest BCUT2D eigenvalue weighted by Crippen LogP contribution is -2.62. The fourth-order valence-corrected chi connectivity index (χ4v) is 12.3. The molecule has 0 spiro atoms. The number of rotatable bonds is 21. The van der Waals surface area contributed by atoms with Crippen LogP contribution in [-0.4, -0.2) is 151 Å². The van der Waals surface area contributed by atoms with Gasteiger partial charge in [0, 0.05) is 38.3 Å². The van der Waals surface area contributed by atoms with Gasteiger partial charge in [0.05, 0.1) is 37.9 Å². The SMILES string of the molecule is C[C@H](CCC(=O)NCCNC(=S)Nc1ccc(C[C@@H](C(=O)O)N(CCN(CC(=O)O)CC(=O)O)CC(=O)O)cc1)[C@H]1CCC2C3C(C[C@H](O)[C@@]21C)[C@@]1(C)CC[C@@H](O)C[C@H]1C[C@H]3O. The number of aliphatic hydroxyl groups is 3. The van der Waals surface area contributed by atoms with E-state index in [1.54, 1.807) is 24.3 Å². The van der Waals surface area contributed by atoms with Gasteiger partial charge in [0.15, 0.2) is 5.11 Å². The normalized spacial score (nSPS) is 31.2. The minimum atomic E-state index is -1.30. The van der Waals surface area contributed by atoms with Gasteiger partial charge in [-0.1, -0.05) is 32.9 Å².